The summed E-state index contributed by atoms with van der Waals surface area (Å²) in [6.07, 6.45) is 33.4. The Labute approximate surface area is 309 Å². The van der Waals surface area contributed by atoms with Gasteiger partial charge in [-0.3, -0.25) is 0 Å². The zero-order chi connectivity index (χ0) is 30.3. The summed E-state index contributed by atoms with van der Waals surface area (Å²) in [6.45, 7) is 4.54. The zero-order valence-electron chi connectivity index (χ0n) is 28.4. The van der Waals surface area contributed by atoms with E-state index in [0.29, 0.717) is 5.39 Å². The zero-order valence-corrected chi connectivity index (χ0v) is 32.3. The van der Waals surface area contributed by atoms with Crippen LogP contribution < -0.4 is 51.4 Å². The molecule has 0 radical (unpaired) electrons. The van der Waals surface area contributed by atoms with Crippen LogP contribution >= 0.6 is 0 Å². The second kappa shape index (κ2) is 26.3. The summed E-state index contributed by atoms with van der Waals surface area (Å²) in [5.74, 6) is 0. The molecule has 3 nitrogen and oxygen atoms in total. The summed E-state index contributed by atoms with van der Waals surface area (Å²) in [5.41, 5.74) is 2.35. The van der Waals surface area contributed by atoms with Crippen LogP contribution in [0.5, 0.6) is 0 Å². The van der Waals surface area contributed by atoms with E-state index in [1.54, 1.807) is 12.1 Å². The van der Waals surface area contributed by atoms with E-state index in [2.05, 4.69) is 13.8 Å². The fraction of sp³-hybridized carbons (Fsp3) is 0.737. The van der Waals surface area contributed by atoms with Crippen molar-refractivity contribution in [1.82, 2.24) is 0 Å². The van der Waals surface area contributed by atoms with Gasteiger partial charge in [0, 0.05) is 0 Å². The Morgan fingerprint density at radius 3 is 1.26 bits per heavy atom. The predicted octanol–water partition coefficient (Wildman–Crippen LogP) is 9.24. The van der Waals surface area contributed by atoms with Gasteiger partial charge in [0.2, 0.25) is 0 Å². The van der Waals surface area contributed by atoms with Crippen molar-refractivity contribution in [2.24, 2.45) is 0 Å². The van der Waals surface area contributed by atoms with Gasteiger partial charge >= 0.3 is 51.4 Å². The van der Waals surface area contributed by atoms with Gasteiger partial charge in [0.05, 0.1) is 4.90 Å². The molecule has 0 saturated carbocycles. The van der Waals surface area contributed by atoms with Gasteiger partial charge < -0.3 is 4.55 Å². The maximum atomic E-state index is 12.2. The molecule has 43 heavy (non-hydrogen) atoms. The number of unbranched alkanes of at least 4 members (excludes halogenated alkanes) is 22. The molecule has 0 atom stereocenters. The van der Waals surface area contributed by atoms with Crippen LogP contribution in [0.15, 0.2) is 35.2 Å². The van der Waals surface area contributed by atoms with Crippen LogP contribution in [0, 0.1) is 0 Å². The first-order valence-electron chi connectivity index (χ1n) is 18.0. The molecule has 5 heteroatoms. The van der Waals surface area contributed by atoms with Gasteiger partial charge in [0.15, 0.2) is 0 Å². The number of benzene rings is 2. The minimum absolute atomic E-state index is 0. The van der Waals surface area contributed by atoms with Crippen LogP contribution in [0.25, 0.3) is 10.8 Å². The van der Waals surface area contributed by atoms with Crippen molar-refractivity contribution in [2.75, 3.05) is 0 Å². The molecule has 0 bridgehead atoms. The van der Waals surface area contributed by atoms with Crippen LogP contribution in [0.3, 0.4) is 0 Å². The van der Waals surface area contributed by atoms with E-state index in [9.17, 15) is 13.0 Å². The smallest absolute Gasteiger partial charge is 0.744 e. The Balaban J connectivity index is 0.00000924. The number of aryl methyl sites for hydroxylation is 2. The third-order valence-electron chi connectivity index (χ3n) is 9.06. The topological polar surface area (TPSA) is 57.2 Å². The molecule has 0 spiro atoms. The maximum Gasteiger partial charge on any atom is 1.00 e. The minimum atomic E-state index is -4.52. The molecule has 0 aromatic heterocycles. The predicted molar refractivity (Wildman–Crippen MR) is 181 cm³/mol. The molecule has 0 aliphatic carbocycles. The third-order valence-corrected chi connectivity index (χ3v) is 9.94. The van der Waals surface area contributed by atoms with Gasteiger partial charge in [0.1, 0.15) is 10.1 Å². The summed E-state index contributed by atoms with van der Waals surface area (Å²) in [5, 5.41) is 1.56. The standard InChI is InChI=1S/C38H64O3S.K/c1-3-5-7-9-11-13-15-17-19-21-23-25-29-34-33-38(42(39,40)41)37-32-28-27-31-36(37)35(34)30-26-24-22-20-18-16-14-12-10-8-6-4-2;/h27-28,31-33H,3-26,29-30H2,1-2H3,(H,39,40,41);/q;+1/p-1. The first-order chi connectivity index (χ1) is 20.5. The second-order valence-electron chi connectivity index (χ2n) is 12.8. The van der Waals surface area contributed by atoms with E-state index in [4.69, 9.17) is 0 Å². The molecule has 0 aliphatic rings. The van der Waals surface area contributed by atoms with Crippen molar-refractivity contribution in [2.45, 2.75) is 186 Å². The largest absolute Gasteiger partial charge is 1.00 e. The van der Waals surface area contributed by atoms with E-state index in [1.807, 2.05) is 18.2 Å². The molecule has 0 amide bonds. The van der Waals surface area contributed by atoms with Crippen molar-refractivity contribution in [3.8, 4) is 0 Å². The van der Waals surface area contributed by atoms with Gasteiger partial charge in [-0.25, -0.2) is 8.42 Å². The molecule has 240 valence electrons. The van der Waals surface area contributed by atoms with E-state index < -0.39 is 10.1 Å². The Morgan fingerprint density at radius 1 is 0.512 bits per heavy atom. The molecule has 0 N–H and O–H groups in total. The molecule has 0 saturated heterocycles. The van der Waals surface area contributed by atoms with Crippen LogP contribution in [0.4, 0.5) is 0 Å². The third kappa shape index (κ3) is 18.2. The molecule has 0 heterocycles. The summed E-state index contributed by atoms with van der Waals surface area (Å²) in [6, 6.07) is 9.36. The van der Waals surface area contributed by atoms with Crippen LogP contribution in [0.2, 0.25) is 0 Å². The van der Waals surface area contributed by atoms with Crippen molar-refractivity contribution in [3.05, 3.63) is 41.5 Å². The van der Waals surface area contributed by atoms with E-state index >= 15 is 0 Å². The van der Waals surface area contributed by atoms with Gasteiger partial charge in [-0.2, -0.15) is 0 Å². The monoisotopic (exact) mass is 638 g/mol. The SMILES string of the molecule is CCCCCCCCCCCCCCc1cc(S(=O)(=O)[O-])c2ccccc2c1CCCCCCCCCCCCCC.[K+]. The van der Waals surface area contributed by atoms with E-state index in [1.165, 1.54) is 147 Å². The number of fused-ring (bicyclic) bond motifs is 1. The van der Waals surface area contributed by atoms with Gasteiger partial charge in [-0.05, 0) is 53.6 Å². The summed E-state index contributed by atoms with van der Waals surface area (Å²) in [4.78, 5) is -0.0366. The Hall–Kier alpha value is 0.246. The van der Waals surface area contributed by atoms with E-state index in [0.717, 1.165) is 36.6 Å². The normalized spacial score (nSPS) is 11.7. The van der Waals surface area contributed by atoms with Gasteiger partial charge in [-0.1, -0.05) is 179 Å². The minimum Gasteiger partial charge on any atom is -0.744 e. The van der Waals surface area contributed by atoms with E-state index in [-0.39, 0.29) is 56.3 Å². The second-order valence-corrected chi connectivity index (χ2v) is 14.1. The fourth-order valence-electron chi connectivity index (χ4n) is 6.48. The average Bonchev–Trinajstić information content (AvgIpc) is 2.98. The number of rotatable bonds is 27. The fourth-order valence-corrected chi connectivity index (χ4v) is 7.22. The van der Waals surface area contributed by atoms with Gasteiger partial charge in [-0.15, -0.1) is 0 Å². The molecule has 0 unspecified atom stereocenters. The van der Waals surface area contributed by atoms with Crippen molar-refractivity contribution in [1.29, 1.82) is 0 Å². The average molecular weight is 639 g/mol. The Bertz CT molecular complexity index is 1070. The summed E-state index contributed by atoms with van der Waals surface area (Å²) < 4.78 is 36.6. The summed E-state index contributed by atoms with van der Waals surface area (Å²) >= 11 is 0. The number of hydrogen-bond acceptors (Lipinski definition) is 3. The molecule has 0 fully saturated rings. The first-order valence-corrected chi connectivity index (χ1v) is 19.4. The van der Waals surface area contributed by atoms with Crippen LogP contribution in [-0.4, -0.2) is 13.0 Å². The number of hydrogen-bond donors (Lipinski definition) is 0. The molecule has 2 aromatic rings. The van der Waals surface area contributed by atoms with Gasteiger partial charge in [0.25, 0.3) is 0 Å². The Kier molecular flexibility index (Phi) is 25.3. The van der Waals surface area contributed by atoms with Crippen molar-refractivity contribution < 1.29 is 64.4 Å². The quantitative estimate of drug-likeness (QED) is 0.0557. The molecule has 2 rings (SSSR count). The van der Waals surface area contributed by atoms with Crippen LogP contribution in [0.1, 0.15) is 179 Å². The molecular weight excluding hydrogens is 576 g/mol. The van der Waals surface area contributed by atoms with Crippen molar-refractivity contribution in [3.63, 3.8) is 0 Å². The Morgan fingerprint density at radius 2 is 0.860 bits per heavy atom. The summed E-state index contributed by atoms with van der Waals surface area (Å²) in [7, 11) is -4.52. The first kappa shape index (κ1) is 41.3. The maximum absolute atomic E-state index is 12.2. The van der Waals surface area contributed by atoms with Crippen molar-refractivity contribution >= 4 is 20.9 Å². The molecule has 2 aromatic carbocycles. The molecular formula is C38H63KO3S. The van der Waals surface area contributed by atoms with Crippen LogP contribution in [-0.2, 0) is 23.0 Å². The molecule has 0 aliphatic heterocycles.